The number of aliphatic carboxylic acids is 1. The zero-order valence-corrected chi connectivity index (χ0v) is 10.7. The van der Waals surface area contributed by atoms with Crippen LogP contribution in [0.1, 0.15) is 31.2 Å². The minimum absolute atomic E-state index is 0.0419. The molecule has 0 bridgehead atoms. The number of halogens is 3. The zero-order chi connectivity index (χ0) is 15.3. The van der Waals surface area contributed by atoms with Crippen LogP contribution in [0.5, 0.6) is 0 Å². The number of rotatable bonds is 5. The monoisotopic (exact) mass is 289 g/mol. The van der Waals surface area contributed by atoms with Crippen LogP contribution in [-0.4, -0.2) is 23.2 Å². The van der Waals surface area contributed by atoms with Gasteiger partial charge in [-0.05, 0) is 23.6 Å². The molecule has 1 unspecified atom stereocenters. The predicted octanol–water partition coefficient (Wildman–Crippen LogP) is 3.16. The van der Waals surface area contributed by atoms with Crippen LogP contribution in [-0.2, 0) is 9.59 Å². The number of hydrogen-bond donors (Lipinski definition) is 2. The number of hydrogen-bond acceptors (Lipinski definition) is 2. The summed E-state index contributed by atoms with van der Waals surface area (Å²) in [6, 6.07) is 6.05. The van der Waals surface area contributed by atoms with Gasteiger partial charge in [-0.3, -0.25) is 9.59 Å². The Morgan fingerprint density at radius 3 is 2.25 bits per heavy atom. The van der Waals surface area contributed by atoms with Gasteiger partial charge in [0.05, 0.1) is 6.42 Å². The van der Waals surface area contributed by atoms with Crippen LogP contribution >= 0.6 is 0 Å². The molecule has 0 heterocycles. The van der Waals surface area contributed by atoms with Crippen molar-refractivity contribution >= 4 is 17.6 Å². The van der Waals surface area contributed by atoms with Gasteiger partial charge < -0.3 is 10.4 Å². The first kappa shape index (κ1) is 16.0. The van der Waals surface area contributed by atoms with Crippen molar-refractivity contribution in [3.05, 3.63) is 29.8 Å². The number of amides is 1. The molecule has 1 atom stereocenters. The van der Waals surface area contributed by atoms with Gasteiger partial charge in [0.25, 0.3) is 0 Å². The van der Waals surface area contributed by atoms with Gasteiger partial charge in [0.1, 0.15) is 6.42 Å². The van der Waals surface area contributed by atoms with Crippen LogP contribution < -0.4 is 5.32 Å². The Labute approximate surface area is 113 Å². The second-order valence-electron chi connectivity index (χ2n) is 4.46. The highest BCUT2D eigenvalue weighted by Crippen LogP contribution is 2.23. The van der Waals surface area contributed by atoms with Crippen molar-refractivity contribution in [2.24, 2.45) is 0 Å². The summed E-state index contributed by atoms with van der Waals surface area (Å²) in [5, 5.41) is 10.8. The third kappa shape index (κ3) is 5.73. The van der Waals surface area contributed by atoms with E-state index in [1.165, 1.54) is 12.1 Å². The van der Waals surface area contributed by atoms with E-state index in [2.05, 4.69) is 5.32 Å². The first-order valence-electron chi connectivity index (χ1n) is 5.86. The van der Waals surface area contributed by atoms with Crippen molar-refractivity contribution in [3.8, 4) is 0 Å². The SMILES string of the molecule is CC(CC(=O)O)c1ccc(NC(=O)CC(F)(F)F)cc1. The summed E-state index contributed by atoms with van der Waals surface area (Å²) >= 11 is 0. The van der Waals surface area contributed by atoms with Crippen LogP contribution in [0.25, 0.3) is 0 Å². The fraction of sp³-hybridized carbons (Fsp3) is 0.385. The molecule has 0 radical (unpaired) electrons. The molecular formula is C13H14F3NO3. The Morgan fingerprint density at radius 2 is 1.80 bits per heavy atom. The third-order valence-corrected chi connectivity index (χ3v) is 2.61. The summed E-state index contributed by atoms with van der Waals surface area (Å²) < 4.78 is 36.0. The predicted molar refractivity (Wildman–Crippen MR) is 66.4 cm³/mol. The van der Waals surface area contributed by atoms with Crippen LogP contribution in [0, 0.1) is 0 Å². The lowest BCUT2D eigenvalue weighted by Gasteiger charge is -2.11. The van der Waals surface area contributed by atoms with E-state index in [1.54, 1.807) is 19.1 Å². The third-order valence-electron chi connectivity index (χ3n) is 2.61. The highest BCUT2D eigenvalue weighted by Gasteiger charge is 2.31. The van der Waals surface area contributed by atoms with Gasteiger partial charge in [-0.1, -0.05) is 19.1 Å². The Hall–Kier alpha value is -2.05. The molecule has 0 aromatic heterocycles. The number of carbonyl (C=O) groups excluding carboxylic acids is 1. The second-order valence-corrected chi connectivity index (χ2v) is 4.46. The van der Waals surface area contributed by atoms with Gasteiger partial charge in [-0.15, -0.1) is 0 Å². The van der Waals surface area contributed by atoms with E-state index in [-0.39, 0.29) is 18.0 Å². The number of benzene rings is 1. The van der Waals surface area contributed by atoms with E-state index in [1.807, 2.05) is 0 Å². The quantitative estimate of drug-likeness (QED) is 0.875. The maximum absolute atomic E-state index is 12.0. The number of nitrogens with one attached hydrogen (secondary N) is 1. The molecule has 0 fully saturated rings. The van der Waals surface area contributed by atoms with Crippen LogP contribution in [0.3, 0.4) is 0 Å². The van der Waals surface area contributed by atoms with Gasteiger partial charge in [0.15, 0.2) is 0 Å². The lowest BCUT2D eigenvalue weighted by molar-refractivity contribution is -0.150. The molecule has 110 valence electrons. The molecule has 0 spiro atoms. The number of alkyl halides is 3. The van der Waals surface area contributed by atoms with Crippen LogP contribution in [0.2, 0.25) is 0 Å². The smallest absolute Gasteiger partial charge is 0.397 e. The van der Waals surface area contributed by atoms with Gasteiger partial charge in [-0.2, -0.15) is 13.2 Å². The molecule has 1 aromatic carbocycles. The maximum Gasteiger partial charge on any atom is 0.397 e. The molecule has 0 aliphatic heterocycles. The molecule has 0 aliphatic carbocycles. The first-order chi connectivity index (χ1) is 9.17. The molecule has 0 saturated carbocycles. The largest absolute Gasteiger partial charge is 0.481 e. The molecule has 4 nitrogen and oxygen atoms in total. The lowest BCUT2D eigenvalue weighted by Crippen LogP contribution is -2.21. The average molecular weight is 289 g/mol. The standard InChI is InChI=1S/C13H14F3NO3/c1-8(6-12(19)20)9-2-4-10(5-3-9)17-11(18)7-13(14,15)16/h2-5,8H,6-7H2,1H3,(H,17,18)(H,19,20). The molecule has 1 aromatic rings. The minimum atomic E-state index is -4.54. The van der Waals surface area contributed by atoms with Crippen LogP contribution in [0.15, 0.2) is 24.3 Å². The van der Waals surface area contributed by atoms with E-state index in [0.29, 0.717) is 0 Å². The number of carboxylic acids is 1. The van der Waals surface area contributed by atoms with Crippen molar-refractivity contribution in [2.45, 2.75) is 31.9 Å². The van der Waals surface area contributed by atoms with Crippen molar-refractivity contribution < 1.29 is 27.9 Å². The van der Waals surface area contributed by atoms with E-state index in [4.69, 9.17) is 5.11 Å². The van der Waals surface area contributed by atoms with E-state index in [9.17, 15) is 22.8 Å². The molecule has 0 aliphatic rings. The number of carbonyl (C=O) groups is 2. The van der Waals surface area contributed by atoms with Crippen molar-refractivity contribution in [1.29, 1.82) is 0 Å². The summed E-state index contributed by atoms with van der Waals surface area (Å²) in [6.45, 7) is 1.73. The summed E-state index contributed by atoms with van der Waals surface area (Å²) in [5.74, 6) is -2.28. The molecule has 20 heavy (non-hydrogen) atoms. The lowest BCUT2D eigenvalue weighted by atomic mass is 9.98. The molecular weight excluding hydrogens is 275 g/mol. The Bertz CT molecular complexity index is 483. The van der Waals surface area contributed by atoms with Crippen molar-refractivity contribution in [2.75, 3.05) is 5.32 Å². The zero-order valence-electron chi connectivity index (χ0n) is 10.7. The van der Waals surface area contributed by atoms with Gasteiger partial charge >= 0.3 is 12.1 Å². The molecule has 1 amide bonds. The number of carboxylic acid groups (broad SMARTS) is 1. The highest BCUT2D eigenvalue weighted by atomic mass is 19.4. The van der Waals surface area contributed by atoms with Crippen molar-refractivity contribution in [3.63, 3.8) is 0 Å². The highest BCUT2D eigenvalue weighted by molar-refractivity contribution is 5.91. The fourth-order valence-electron chi connectivity index (χ4n) is 1.66. The Kier molecular flexibility index (Phi) is 5.12. The summed E-state index contributed by atoms with van der Waals surface area (Å²) in [5.41, 5.74) is 0.978. The van der Waals surface area contributed by atoms with E-state index < -0.39 is 24.5 Å². The van der Waals surface area contributed by atoms with Gasteiger partial charge in [-0.25, -0.2) is 0 Å². The first-order valence-corrected chi connectivity index (χ1v) is 5.86. The number of anilines is 1. The maximum atomic E-state index is 12.0. The Balaban J connectivity index is 2.63. The minimum Gasteiger partial charge on any atom is -0.481 e. The fourth-order valence-corrected chi connectivity index (χ4v) is 1.66. The molecule has 2 N–H and O–H groups in total. The Morgan fingerprint density at radius 1 is 1.25 bits per heavy atom. The van der Waals surface area contributed by atoms with Gasteiger partial charge in [0.2, 0.25) is 5.91 Å². The summed E-state index contributed by atoms with van der Waals surface area (Å²) in [6.07, 6.45) is -6.12. The normalized spacial score (nSPS) is 12.8. The average Bonchev–Trinajstić information content (AvgIpc) is 2.26. The topological polar surface area (TPSA) is 66.4 Å². The van der Waals surface area contributed by atoms with E-state index >= 15 is 0 Å². The second kappa shape index (κ2) is 6.40. The van der Waals surface area contributed by atoms with E-state index in [0.717, 1.165) is 5.56 Å². The van der Waals surface area contributed by atoms with Crippen molar-refractivity contribution in [1.82, 2.24) is 0 Å². The summed E-state index contributed by atoms with van der Waals surface area (Å²) in [7, 11) is 0. The molecule has 0 saturated heterocycles. The summed E-state index contributed by atoms with van der Waals surface area (Å²) in [4.78, 5) is 21.6. The van der Waals surface area contributed by atoms with Gasteiger partial charge in [0, 0.05) is 5.69 Å². The van der Waals surface area contributed by atoms with Crippen LogP contribution in [0.4, 0.5) is 18.9 Å². The molecule has 7 heteroatoms. The molecule has 1 rings (SSSR count).